The van der Waals surface area contributed by atoms with Gasteiger partial charge in [0.05, 0.1) is 19.8 Å². The summed E-state index contributed by atoms with van der Waals surface area (Å²) in [6.07, 6.45) is 4.01. The van der Waals surface area contributed by atoms with Gasteiger partial charge in [-0.1, -0.05) is 0 Å². The lowest BCUT2D eigenvalue weighted by molar-refractivity contribution is -0.140. The molecule has 0 saturated heterocycles. The summed E-state index contributed by atoms with van der Waals surface area (Å²) in [5, 5.41) is 3.27. The molecular formula is C12H19NO3. The molecule has 1 aromatic heterocycles. The van der Waals surface area contributed by atoms with E-state index in [1.54, 1.807) is 6.26 Å². The Balaban J connectivity index is 2.07. The number of carbonyl (C=O) groups excluding carboxylic acids is 1. The van der Waals surface area contributed by atoms with Gasteiger partial charge >= 0.3 is 5.97 Å². The maximum Gasteiger partial charge on any atom is 0.306 e. The smallest absolute Gasteiger partial charge is 0.306 e. The van der Waals surface area contributed by atoms with E-state index in [2.05, 4.69) is 17.0 Å². The predicted octanol–water partition coefficient (Wildman–Crippen LogP) is 1.75. The van der Waals surface area contributed by atoms with E-state index in [0.29, 0.717) is 19.0 Å². The van der Waals surface area contributed by atoms with Crippen molar-refractivity contribution in [2.75, 3.05) is 13.7 Å². The first-order chi connectivity index (χ1) is 7.72. The number of furan rings is 1. The average molecular weight is 225 g/mol. The number of hydrogen-bond acceptors (Lipinski definition) is 4. The van der Waals surface area contributed by atoms with Gasteiger partial charge in [-0.2, -0.15) is 0 Å². The van der Waals surface area contributed by atoms with Crippen LogP contribution in [0, 0.1) is 0 Å². The SMILES string of the molecule is COC(=O)CCNC(C)CCc1ccco1. The van der Waals surface area contributed by atoms with Crippen molar-refractivity contribution >= 4 is 5.97 Å². The fourth-order valence-corrected chi connectivity index (χ4v) is 1.44. The van der Waals surface area contributed by atoms with Gasteiger partial charge in [0, 0.05) is 19.0 Å². The first kappa shape index (κ1) is 12.8. The van der Waals surface area contributed by atoms with E-state index in [1.807, 2.05) is 12.1 Å². The van der Waals surface area contributed by atoms with Crippen LogP contribution in [0.15, 0.2) is 22.8 Å². The summed E-state index contributed by atoms with van der Waals surface area (Å²) in [7, 11) is 1.41. The van der Waals surface area contributed by atoms with Gasteiger partial charge < -0.3 is 14.5 Å². The van der Waals surface area contributed by atoms with Gasteiger partial charge in [0.2, 0.25) is 0 Å². The average Bonchev–Trinajstić information content (AvgIpc) is 2.79. The Morgan fingerprint density at radius 2 is 2.44 bits per heavy atom. The Bertz CT molecular complexity index is 295. The minimum absolute atomic E-state index is 0.175. The standard InChI is InChI=1S/C12H19NO3/c1-10(13-8-7-12(14)15-2)5-6-11-4-3-9-16-11/h3-4,9-10,13H,5-8H2,1-2H3. The number of nitrogens with one attached hydrogen (secondary N) is 1. The van der Waals surface area contributed by atoms with Gasteiger partial charge in [-0.05, 0) is 25.5 Å². The number of rotatable bonds is 7. The third-order valence-electron chi connectivity index (χ3n) is 2.45. The molecule has 0 amide bonds. The highest BCUT2D eigenvalue weighted by Crippen LogP contribution is 2.05. The number of aryl methyl sites for hydroxylation is 1. The molecule has 0 bridgehead atoms. The molecule has 0 aliphatic heterocycles. The molecule has 4 nitrogen and oxygen atoms in total. The van der Waals surface area contributed by atoms with Gasteiger partial charge in [0.15, 0.2) is 0 Å². The van der Waals surface area contributed by atoms with Gasteiger partial charge in [-0.3, -0.25) is 4.79 Å². The molecule has 0 spiro atoms. The van der Waals surface area contributed by atoms with Crippen molar-refractivity contribution in [3.63, 3.8) is 0 Å². The summed E-state index contributed by atoms with van der Waals surface area (Å²) in [5.41, 5.74) is 0. The Morgan fingerprint density at radius 3 is 3.06 bits per heavy atom. The Hall–Kier alpha value is -1.29. The minimum atomic E-state index is -0.175. The molecule has 1 rings (SSSR count). The van der Waals surface area contributed by atoms with E-state index in [4.69, 9.17) is 4.42 Å². The molecule has 1 N–H and O–H groups in total. The van der Waals surface area contributed by atoms with E-state index in [0.717, 1.165) is 18.6 Å². The second-order valence-corrected chi connectivity index (χ2v) is 3.80. The molecule has 90 valence electrons. The lowest BCUT2D eigenvalue weighted by Gasteiger charge is -2.12. The fraction of sp³-hybridized carbons (Fsp3) is 0.583. The number of ether oxygens (including phenoxy) is 1. The third-order valence-corrected chi connectivity index (χ3v) is 2.45. The van der Waals surface area contributed by atoms with Crippen LogP contribution in [-0.2, 0) is 16.0 Å². The zero-order valence-electron chi connectivity index (χ0n) is 9.86. The zero-order chi connectivity index (χ0) is 11.8. The zero-order valence-corrected chi connectivity index (χ0v) is 9.86. The molecule has 0 radical (unpaired) electrons. The van der Waals surface area contributed by atoms with Gasteiger partial charge in [0.25, 0.3) is 0 Å². The molecular weight excluding hydrogens is 206 g/mol. The van der Waals surface area contributed by atoms with Crippen molar-refractivity contribution in [1.82, 2.24) is 5.32 Å². The molecule has 16 heavy (non-hydrogen) atoms. The van der Waals surface area contributed by atoms with Crippen LogP contribution in [0.3, 0.4) is 0 Å². The monoisotopic (exact) mass is 225 g/mol. The Morgan fingerprint density at radius 1 is 1.62 bits per heavy atom. The van der Waals surface area contributed by atoms with Crippen molar-refractivity contribution in [2.45, 2.75) is 32.2 Å². The van der Waals surface area contributed by atoms with Crippen molar-refractivity contribution < 1.29 is 13.9 Å². The lowest BCUT2D eigenvalue weighted by atomic mass is 10.1. The maximum absolute atomic E-state index is 10.9. The van der Waals surface area contributed by atoms with E-state index in [1.165, 1.54) is 7.11 Å². The van der Waals surface area contributed by atoms with E-state index >= 15 is 0 Å². The fourth-order valence-electron chi connectivity index (χ4n) is 1.44. The van der Waals surface area contributed by atoms with Crippen LogP contribution in [0.5, 0.6) is 0 Å². The van der Waals surface area contributed by atoms with Gasteiger partial charge in [-0.25, -0.2) is 0 Å². The first-order valence-corrected chi connectivity index (χ1v) is 5.55. The van der Waals surface area contributed by atoms with E-state index in [9.17, 15) is 4.79 Å². The predicted molar refractivity (Wildman–Crippen MR) is 61.1 cm³/mol. The summed E-state index contributed by atoms with van der Waals surface area (Å²) in [6, 6.07) is 4.24. The van der Waals surface area contributed by atoms with Crippen LogP contribution in [-0.4, -0.2) is 25.7 Å². The highest BCUT2D eigenvalue weighted by Gasteiger charge is 2.05. The third kappa shape index (κ3) is 4.98. The van der Waals surface area contributed by atoms with E-state index in [-0.39, 0.29) is 5.97 Å². The van der Waals surface area contributed by atoms with Gasteiger partial charge in [-0.15, -0.1) is 0 Å². The summed E-state index contributed by atoms with van der Waals surface area (Å²) in [4.78, 5) is 10.9. The Labute approximate surface area is 96.0 Å². The van der Waals surface area contributed by atoms with Crippen LogP contribution in [0.2, 0.25) is 0 Å². The number of methoxy groups -OCH3 is 1. The molecule has 0 aromatic carbocycles. The number of hydrogen-bond donors (Lipinski definition) is 1. The quantitative estimate of drug-likeness (QED) is 0.718. The van der Waals surface area contributed by atoms with Crippen LogP contribution in [0.25, 0.3) is 0 Å². The van der Waals surface area contributed by atoms with Crippen molar-refractivity contribution in [2.24, 2.45) is 0 Å². The highest BCUT2D eigenvalue weighted by atomic mass is 16.5. The Kier molecular flexibility index (Phi) is 5.64. The normalized spacial score (nSPS) is 12.4. The number of carbonyl (C=O) groups is 1. The van der Waals surface area contributed by atoms with Crippen LogP contribution >= 0.6 is 0 Å². The second-order valence-electron chi connectivity index (χ2n) is 3.80. The number of esters is 1. The van der Waals surface area contributed by atoms with Crippen LogP contribution in [0.1, 0.15) is 25.5 Å². The maximum atomic E-state index is 10.9. The molecule has 1 aromatic rings. The van der Waals surface area contributed by atoms with Crippen molar-refractivity contribution in [3.8, 4) is 0 Å². The topological polar surface area (TPSA) is 51.5 Å². The van der Waals surface area contributed by atoms with Crippen molar-refractivity contribution in [1.29, 1.82) is 0 Å². The van der Waals surface area contributed by atoms with Gasteiger partial charge in [0.1, 0.15) is 5.76 Å². The first-order valence-electron chi connectivity index (χ1n) is 5.55. The second kappa shape index (κ2) is 7.06. The summed E-state index contributed by atoms with van der Waals surface area (Å²) in [5.74, 6) is 0.826. The summed E-state index contributed by atoms with van der Waals surface area (Å²) < 4.78 is 9.80. The van der Waals surface area contributed by atoms with E-state index < -0.39 is 0 Å². The highest BCUT2D eigenvalue weighted by molar-refractivity contribution is 5.69. The molecule has 0 fully saturated rings. The molecule has 1 heterocycles. The molecule has 0 aliphatic carbocycles. The summed E-state index contributed by atoms with van der Waals surface area (Å²) in [6.45, 7) is 2.76. The largest absolute Gasteiger partial charge is 0.469 e. The van der Waals surface area contributed by atoms with Crippen LogP contribution < -0.4 is 5.32 Å². The molecule has 1 atom stereocenters. The molecule has 4 heteroatoms. The summed E-state index contributed by atoms with van der Waals surface area (Å²) >= 11 is 0. The van der Waals surface area contributed by atoms with Crippen LogP contribution in [0.4, 0.5) is 0 Å². The molecule has 0 saturated carbocycles. The minimum Gasteiger partial charge on any atom is -0.469 e. The lowest BCUT2D eigenvalue weighted by Crippen LogP contribution is -2.28. The molecule has 0 aliphatic rings. The molecule has 1 unspecified atom stereocenters. The van der Waals surface area contributed by atoms with Crippen molar-refractivity contribution in [3.05, 3.63) is 24.2 Å².